The summed E-state index contributed by atoms with van der Waals surface area (Å²) in [5.41, 5.74) is 0. The second kappa shape index (κ2) is 2.60. The van der Waals surface area contributed by atoms with Gasteiger partial charge >= 0.3 is 0 Å². The molecular weight excluding hydrogens is 126 g/mol. The van der Waals surface area contributed by atoms with Gasteiger partial charge in [0.15, 0.2) is 0 Å². The van der Waals surface area contributed by atoms with Crippen LogP contribution in [0.3, 0.4) is 0 Å². The van der Waals surface area contributed by atoms with Crippen molar-refractivity contribution in [3.8, 4) is 0 Å². The summed E-state index contributed by atoms with van der Waals surface area (Å²) in [6.07, 6.45) is 0.758. The van der Waals surface area contributed by atoms with Gasteiger partial charge in [0.2, 0.25) is 5.91 Å². The number of nitrogens with zero attached hydrogens (tertiary/aromatic N) is 1. The first kappa shape index (κ1) is 7.58. The van der Waals surface area contributed by atoms with Crippen LogP contribution >= 0.6 is 0 Å². The summed E-state index contributed by atoms with van der Waals surface area (Å²) in [6.45, 7) is 5.31. The Morgan fingerprint density at radius 1 is 1.60 bits per heavy atom. The minimum Gasteiger partial charge on any atom is -0.345 e. The number of amides is 1. The number of carbonyl (C=O) groups excluding carboxylic acids is 1. The fourth-order valence-corrected chi connectivity index (χ4v) is 1.34. The standard InChI is InChI=1S/C8H15NO/c1-6(2)7-4-8(10)9(3)5-7/h6-7H,4-5H2,1-3H3/t7-/m0/s1. The number of hydrogen-bond acceptors (Lipinski definition) is 1. The maximum atomic E-state index is 11.0. The summed E-state index contributed by atoms with van der Waals surface area (Å²) in [5, 5.41) is 0. The molecule has 1 fully saturated rings. The zero-order valence-corrected chi connectivity index (χ0v) is 6.92. The second-order valence-corrected chi connectivity index (χ2v) is 3.48. The monoisotopic (exact) mass is 141 g/mol. The van der Waals surface area contributed by atoms with Crippen LogP contribution in [0.25, 0.3) is 0 Å². The highest BCUT2D eigenvalue weighted by molar-refractivity contribution is 5.78. The van der Waals surface area contributed by atoms with Crippen LogP contribution in [0.1, 0.15) is 20.3 Å². The van der Waals surface area contributed by atoms with E-state index >= 15 is 0 Å². The Hall–Kier alpha value is -0.530. The van der Waals surface area contributed by atoms with Crippen molar-refractivity contribution >= 4 is 5.91 Å². The predicted octanol–water partition coefficient (Wildman–Crippen LogP) is 1.12. The van der Waals surface area contributed by atoms with Gasteiger partial charge in [-0.3, -0.25) is 4.79 Å². The highest BCUT2D eigenvalue weighted by Crippen LogP contribution is 2.22. The van der Waals surface area contributed by atoms with E-state index in [9.17, 15) is 4.79 Å². The molecular formula is C8H15NO. The maximum absolute atomic E-state index is 11.0. The molecule has 0 aliphatic carbocycles. The van der Waals surface area contributed by atoms with E-state index in [1.165, 1.54) is 0 Å². The van der Waals surface area contributed by atoms with Crippen LogP contribution < -0.4 is 0 Å². The number of likely N-dealkylation sites (tertiary alicyclic amines) is 1. The fraction of sp³-hybridized carbons (Fsp3) is 0.875. The highest BCUT2D eigenvalue weighted by atomic mass is 16.2. The maximum Gasteiger partial charge on any atom is 0.222 e. The molecule has 0 aromatic heterocycles. The SMILES string of the molecule is CC(C)[C@H]1CC(=O)N(C)C1. The van der Waals surface area contributed by atoms with Crippen molar-refractivity contribution in [2.45, 2.75) is 20.3 Å². The molecule has 1 rings (SSSR count). The number of rotatable bonds is 1. The van der Waals surface area contributed by atoms with Crippen molar-refractivity contribution in [2.75, 3.05) is 13.6 Å². The number of carbonyl (C=O) groups is 1. The Balaban J connectivity index is 2.49. The molecule has 0 aromatic carbocycles. The van der Waals surface area contributed by atoms with Gasteiger partial charge in [-0.25, -0.2) is 0 Å². The molecule has 0 saturated carbocycles. The lowest BCUT2D eigenvalue weighted by Gasteiger charge is -2.12. The molecule has 0 bridgehead atoms. The Labute approximate surface area is 62.2 Å². The Bertz CT molecular complexity index is 142. The zero-order valence-electron chi connectivity index (χ0n) is 6.92. The van der Waals surface area contributed by atoms with Crippen molar-refractivity contribution in [3.63, 3.8) is 0 Å². The molecule has 1 amide bonds. The smallest absolute Gasteiger partial charge is 0.222 e. The Kier molecular flexibility index (Phi) is 1.97. The van der Waals surface area contributed by atoms with Gasteiger partial charge in [0.25, 0.3) is 0 Å². The normalized spacial score (nSPS) is 26.6. The van der Waals surface area contributed by atoms with E-state index in [0.29, 0.717) is 17.7 Å². The van der Waals surface area contributed by atoms with Gasteiger partial charge < -0.3 is 4.90 Å². The summed E-state index contributed by atoms with van der Waals surface area (Å²) in [5.74, 6) is 1.55. The molecule has 58 valence electrons. The summed E-state index contributed by atoms with van der Waals surface area (Å²) in [6, 6.07) is 0. The van der Waals surface area contributed by atoms with Gasteiger partial charge in [0.1, 0.15) is 0 Å². The van der Waals surface area contributed by atoms with Crippen LogP contribution in [-0.2, 0) is 4.79 Å². The molecule has 1 saturated heterocycles. The van der Waals surface area contributed by atoms with Crippen LogP contribution in [0.15, 0.2) is 0 Å². The molecule has 10 heavy (non-hydrogen) atoms. The molecule has 0 aromatic rings. The quantitative estimate of drug-likeness (QED) is 0.536. The van der Waals surface area contributed by atoms with Crippen LogP contribution in [0.5, 0.6) is 0 Å². The molecule has 0 spiro atoms. The lowest BCUT2D eigenvalue weighted by Crippen LogP contribution is -2.19. The average Bonchev–Trinajstić information content (AvgIpc) is 2.13. The third-order valence-electron chi connectivity index (χ3n) is 2.31. The summed E-state index contributed by atoms with van der Waals surface area (Å²) >= 11 is 0. The highest BCUT2D eigenvalue weighted by Gasteiger charge is 2.28. The first-order valence-corrected chi connectivity index (χ1v) is 3.85. The van der Waals surface area contributed by atoms with E-state index in [4.69, 9.17) is 0 Å². The van der Waals surface area contributed by atoms with Crippen molar-refractivity contribution in [3.05, 3.63) is 0 Å². The molecule has 1 heterocycles. The lowest BCUT2D eigenvalue weighted by atomic mass is 9.95. The molecule has 0 N–H and O–H groups in total. The molecule has 2 nitrogen and oxygen atoms in total. The summed E-state index contributed by atoms with van der Waals surface area (Å²) < 4.78 is 0. The zero-order chi connectivity index (χ0) is 7.72. The Morgan fingerprint density at radius 3 is 2.40 bits per heavy atom. The van der Waals surface area contributed by atoms with Gasteiger partial charge in [-0.2, -0.15) is 0 Å². The Morgan fingerprint density at radius 2 is 2.20 bits per heavy atom. The molecule has 0 unspecified atom stereocenters. The van der Waals surface area contributed by atoms with Crippen molar-refractivity contribution in [2.24, 2.45) is 11.8 Å². The van der Waals surface area contributed by atoms with Crippen molar-refractivity contribution < 1.29 is 4.79 Å². The molecule has 1 aliphatic heterocycles. The third kappa shape index (κ3) is 1.31. The van der Waals surface area contributed by atoms with E-state index in [1.807, 2.05) is 11.9 Å². The summed E-state index contributed by atoms with van der Waals surface area (Å²) in [7, 11) is 1.88. The molecule has 0 radical (unpaired) electrons. The van der Waals surface area contributed by atoms with Gasteiger partial charge in [0, 0.05) is 20.0 Å². The van der Waals surface area contributed by atoms with E-state index in [0.717, 1.165) is 13.0 Å². The van der Waals surface area contributed by atoms with Gasteiger partial charge in [0.05, 0.1) is 0 Å². The van der Waals surface area contributed by atoms with Crippen LogP contribution in [0, 0.1) is 11.8 Å². The van der Waals surface area contributed by atoms with Crippen molar-refractivity contribution in [1.29, 1.82) is 0 Å². The number of hydrogen-bond donors (Lipinski definition) is 0. The third-order valence-corrected chi connectivity index (χ3v) is 2.31. The average molecular weight is 141 g/mol. The minimum atomic E-state index is 0.304. The van der Waals surface area contributed by atoms with Crippen LogP contribution in [-0.4, -0.2) is 24.4 Å². The van der Waals surface area contributed by atoms with E-state index in [1.54, 1.807) is 0 Å². The largest absolute Gasteiger partial charge is 0.345 e. The fourth-order valence-electron chi connectivity index (χ4n) is 1.34. The first-order valence-electron chi connectivity index (χ1n) is 3.85. The molecule has 2 heteroatoms. The second-order valence-electron chi connectivity index (χ2n) is 3.48. The first-order chi connectivity index (χ1) is 4.61. The molecule has 1 atom stereocenters. The van der Waals surface area contributed by atoms with E-state index < -0.39 is 0 Å². The molecule has 1 aliphatic rings. The lowest BCUT2D eigenvalue weighted by molar-refractivity contribution is -0.126. The van der Waals surface area contributed by atoms with Crippen LogP contribution in [0.4, 0.5) is 0 Å². The summed E-state index contributed by atoms with van der Waals surface area (Å²) in [4.78, 5) is 12.8. The minimum absolute atomic E-state index is 0.304. The van der Waals surface area contributed by atoms with Gasteiger partial charge in [-0.15, -0.1) is 0 Å². The van der Waals surface area contributed by atoms with E-state index in [2.05, 4.69) is 13.8 Å². The van der Waals surface area contributed by atoms with Crippen LogP contribution in [0.2, 0.25) is 0 Å². The topological polar surface area (TPSA) is 20.3 Å². The van der Waals surface area contributed by atoms with Gasteiger partial charge in [-0.1, -0.05) is 13.8 Å². The van der Waals surface area contributed by atoms with E-state index in [-0.39, 0.29) is 0 Å². The van der Waals surface area contributed by atoms with Gasteiger partial charge in [-0.05, 0) is 11.8 Å². The predicted molar refractivity (Wildman–Crippen MR) is 40.6 cm³/mol. The van der Waals surface area contributed by atoms with Crippen molar-refractivity contribution in [1.82, 2.24) is 4.90 Å².